The van der Waals surface area contributed by atoms with Crippen LogP contribution in [0.3, 0.4) is 0 Å². The summed E-state index contributed by atoms with van der Waals surface area (Å²) in [6.45, 7) is 3.82. The maximum absolute atomic E-state index is 9.57. The molecular weight excluding hydrogens is 292 g/mol. The van der Waals surface area contributed by atoms with Gasteiger partial charge in [-0.1, -0.05) is 17.7 Å². The molecule has 0 aliphatic carbocycles. The van der Waals surface area contributed by atoms with Gasteiger partial charge in [0.1, 0.15) is 11.9 Å². The van der Waals surface area contributed by atoms with Gasteiger partial charge in [0.05, 0.1) is 29.9 Å². The standard InChI is InChI=1S/C16H21ClO4/c1-11(18)12-2-3-15(14(17)8-12)21-13-4-6-20-16(9-13)5-7-19-10-16/h2-3,8,11,13,18H,4-7,9-10H2,1H3/t11-,13?,16?/m0/s1. The Morgan fingerprint density at radius 1 is 1.43 bits per heavy atom. The fourth-order valence-corrected chi connectivity index (χ4v) is 3.23. The van der Waals surface area contributed by atoms with E-state index in [1.807, 2.05) is 12.1 Å². The third-order valence-electron chi connectivity index (χ3n) is 4.25. The Hall–Kier alpha value is -0.810. The number of ether oxygens (including phenoxy) is 3. The van der Waals surface area contributed by atoms with Gasteiger partial charge in [-0.2, -0.15) is 0 Å². The molecule has 5 heteroatoms. The van der Waals surface area contributed by atoms with E-state index in [0.29, 0.717) is 24.0 Å². The lowest BCUT2D eigenvalue weighted by Crippen LogP contribution is -2.44. The zero-order valence-electron chi connectivity index (χ0n) is 12.2. The van der Waals surface area contributed by atoms with Crippen LogP contribution in [0.25, 0.3) is 0 Å². The van der Waals surface area contributed by atoms with E-state index in [-0.39, 0.29) is 11.7 Å². The van der Waals surface area contributed by atoms with Crippen LogP contribution in [-0.2, 0) is 9.47 Å². The Morgan fingerprint density at radius 2 is 2.29 bits per heavy atom. The minimum absolute atomic E-state index is 0.0929. The molecule has 2 fully saturated rings. The molecule has 0 radical (unpaired) electrons. The first-order valence-corrected chi connectivity index (χ1v) is 7.82. The predicted octanol–water partition coefficient (Wildman–Crippen LogP) is 3.11. The number of hydrogen-bond acceptors (Lipinski definition) is 4. The number of halogens is 1. The van der Waals surface area contributed by atoms with Crippen LogP contribution in [0.1, 0.15) is 37.9 Å². The van der Waals surface area contributed by atoms with Crippen LogP contribution in [0.5, 0.6) is 5.75 Å². The quantitative estimate of drug-likeness (QED) is 0.931. The van der Waals surface area contributed by atoms with E-state index >= 15 is 0 Å². The predicted molar refractivity (Wildman–Crippen MR) is 79.9 cm³/mol. The monoisotopic (exact) mass is 312 g/mol. The summed E-state index contributed by atoms with van der Waals surface area (Å²) >= 11 is 6.25. The lowest BCUT2D eigenvalue weighted by molar-refractivity contribution is -0.112. The van der Waals surface area contributed by atoms with Crippen molar-refractivity contribution < 1.29 is 19.3 Å². The summed E-state index contributed by atoms with van der Waals surface area (Å²) in [5, 5.41) is 10.1. The summed E-state index contributed by atoms with van der Waals surface area (Å²) in [5.74, 6) is 0.669. The Kier molecular flexibility index (Phi) is 4.41. The van der Waals surface area contributed by atoms with Gasteiger partial charge in [-0.15, -0.1) is 0 Å². The molecule has 3 atom stereocenters. The molecule has 116 valence electrons. The van der Waals surface area contributed by atoms with Gasteiger partial charge in [0.25, 0.3) is 0 Å². The Labute approximate surface area is 130 Å². The van der Waals surface area contributed by atoms with E-state index < -0.39 is 6.10 Å². The Morgan fingerprint density at radius 3 is 2.95 bits per heavy atom. The smallest absolute Gasteiger partial charge is 0.138 e. The van der Waals surface area contributed by atoms with Gasteiger partial charge in [-0.3, -0.25) is 0 Å². The van der Waals surface area contributed by atoms with E-state index in [4.69, 9.17) is 25.8 Å². The second-order valence-corrected chi connectivity index (χ2v) is 6.34. The molecule has 2 unspecified atom stereocenters. The van der Waals surface area contributed by atoms with Crippen LogP contribution in [-0.4, -0.2) is 36.6 Å². The molecule has 4 nitrogen and oxygen atoms in total. The number of benzene rings is 1. The van der Waals surface area contributed by atoms with Crippen molar-refractivity contribution in [3.05, 3.63) is 28.8 Å². The minimum Gasteiger partial charge on any atom is -0.489 e. The molecule has 3 rings (SSSR count). The summed E-state index contributed by atoms with van der Waals surface area (Å²) in [5.41, 5.74) is 0.620. The fourth-order valence-electron chi connectivity index (χ4n) is 3.00. The lowest BCUT2D eigenvalue weighted by Gasteiger charge is -2.37. The summed E-state index contributed by atoms with van der Waals surface area (Å²) in [6.07, 6.45) is 2.19. The highest BCUT2D eigenvalue weighted by Gasteiger charge is 2.41. The van der Waals surface area contributed by atoms with Gasteiger partial charge in [0.15, 0.2) is 0 Å². The van der Waals surface area contributed by atoms with Gasteiger partial charge < -0.3 is 19.3 Å². The van der Waals surface area contributed by atoms with Crippen LogP contribution in [0.4, 0.5) is 0 Å². The van der Waals surface area contributed by atoms with Gasteiger partial charge in [-0.25, -0.2) is 0 Å². The molecule has 0 saturated carbocycles. The van der Waals surface area contributed by atoms with Crippen LogP contribution in [0.2, 0.25) is 5.02 Å². The Balaban J connectivity index is 1.68. The topological polar surface area (TPSA) is 47.9 Å². The van der Waals surface area contributed by atoms with Crippen LogP contribution in [0, 0.1) is 0 Å². The zero-order valence-corrected chi connectivity index (χ0v) is 12.9. The fraction of sp³-hybridized carbons (Fsp3) is 0.625. The molecule has 1 aromatic rings. The van der Waals surface area contributed by atoms with Crippen molar-refractivity contribution in [1.29, 1.82) is 0 Å². The number of rotatable bonds is 3. The van der Waals surface area contributed by atoms with Gasteiger partial charge >= 0.3 is 0 Å². The highest BCUT2D eigenvalue weighted by molar-refractivity contribution is 6.32. The molecule has 2 aliphatic heterocycles. The lowest BCUT2D eigenvalue weighted by atomic mass is 9.91. The molecule has 0 bridgehead atoms. The van der Waals surface area contributed by atoms with Crippen molar-refractivity contribution in [3.8, 4) is 5.75 Å². The third kappa shape index (κ3) is 3.34. The second kappa shape index (κ2) is 6.13. The van der Waals surface area contributed by atoms with Gasteiger partial charge in [-0.05, 0) is 24.6 Å². The maximum Gasteiger partial charge on any atom is 0.138 e. The third-order valence-corrected chi connectivity index (χ3v) is 4.54. The van der Waals surface area contributed by atoms with Crippen molar-refractivity contribution in [2.75, 3.05) is 19.8 Å². The average Bonchev–Trinajstić information content (AvgIpc) is 2.89. The first kappa shape index (κ1) is 15.1. The molecule has 2 heterocycles. The maximum atomic E-state index is 9.57. The second-order valence-electron chi connectivity index (χ2n) is 5.93. The van der Waals surface area contributed by atoms with Crippen molar-refractivity contribution in [2.24, 2.45) is 0 Å². The summed E-state index contributed by atoms with van der Waals surface area (Å²) in [4.78, 5) is 0. The van der Waals surface area contributed by atoms with Crippen LogP contribution >= 0.6 is 11.6 Å². The summed E-state index contributed by atoms with van der Waals surface area (Å²) in [6, 6.07) is 5.44. The van der Waals surface area contributed by atoms with E-state index in [0.717, 1.165) is 31.4 Å². The highest BCUT2D eigenvalue weighted by Crippen LogP contribution is 2.36. The molecule has 2 aliphatic rings. The van der Waals surface area contributed by atoms with E-state index in [2.05, 4.69) is 0 Å². The molecule has 21 heavy (non-hydrogen) atoms. The number of aliphatic hydroxyl groups is 1. The first-order valence-electron chi connectivity index (χ1n) is 7.44. The molecule has 0 aromatic heterocycles. The number of aliphatic hydroxyl groups excluding tert-OH is 1. The average molecular weight is 313 g/mol. The van der Waals surface area contributed by atoms with Gasteiger partial charge in [0.2, 0.25) is 0 Å². The highest BCUT2D eigenvalue weighted by atomic mass is 35.5. The van der Waals surface area contributed by atoms with Crippen molar-refractivity contribution in [3.63, 3.8) is 0 Å². The van der Waals surface area contributed by atoms with Gasteiger partial charge in [0, 0.05) is 25.9 Å². The van der Waals surface area contributed by atoms with Crippen LogP contribution < -0.4 is 4.74 Å². The molecule has 2 saturated heterocycles. The Bertz CT molecular complexity index is 497. The van der Waals surface area contributed by atoms with Crippen LogP contribution in [0.15, 0.2) is 18.2 Å². The first-order chi connectivity index (χ1) is 10.1. The van der Waals surface area contributed by atoms with E-state index in [1.165, 1.54) is 0 Å². The van der Waals surface area contributed by atoms with Crippen molar-refractivity contribution >= 4 is 11.6 Å². The molecular formula is C16H21ClO4. The molecule has 0 amide bonds. The normalized spacial score (nSPS) is 30.5. The molecule has 1 N–H and O–H groups in total. The summed E-state index contributed by atoms with van der Waals surface area (Å²) < 4.78 is 17.4. The van der Waals surface area contributed by atoms with Crippen molar-refractivity contribution in [2.45, 2.75) is 44.0 Å². The van der Waals surface area contributed by atoms with E-state index in [1.54, 1.807) is 13.0 Å². The van der Waals surface area contributed by atoms with Crippen molar-refractivity contribution in [1.82, 2.24) is 0 Å². The molecule has 1 aromatic carbocycles. The minimum atomic E-state index is -0.529. The SMILES string of the molecule is C[C@H](O)c1ccc(OC2CCOC3(CCOC3)C2)c(Cl)c1. The van der Waals surface area contributed by atoms with E-state index in [9.17, 15) is 5.11 Å². The number of hydrogen-bond donors (Lipinski definition) is 1. The molecule has 1 spiro atoms. The summed E-state index contributed by atoms with van der Waals surface area (Å²) in [7, 11) is 0. The zero-order chi connectivity index (χ0) is 14.9. The largest absolute Gasteiger partial charge is 0.489 e.